The number of H-pyrrole nitrogens is 1. The molecule has 0 aliphatic carbocycles. The average Bonchev–Trinajstić information content (AvgIpc) is 2.95. The molecule has 2 aromatic carbocycles. The third kappa shape index (κ3) is 9.70. The lowest BCUT2D eigenvalue weighted by Crippen LogP contribution is -2.36. The molecule has 12 heteroatoms. The molecule has 0 radical (unpaired) electrons. The molecule has 0 spiro atoms. The number of primary amides is 1. The molecule has 3 aromatic rings. The van der Waals surface area contributed by atoms with E-state index >= 15 is 0 Å². The summed E-state index contributed by atoms with van der Waals surface area (Å²) in [5.74, 6) is 0.619. The van der Waals surface area contributed by atoms with Crippen LogP contribution in [0.15, 0.2) is 50.1 Å². The minimum absolute atomic E-state index is 0.00410. The molecule has 2 aliphatic rings. The standard InChI is InChI=1S/C14H18BrN3O2.C14H16BrN3O.C2H6O/c1-18-6-4-9(5-7-18)14(20)17-12-3-2-10(15)8-11(12)13(16)19;1-18-6-4-9(5-7-18)13-16-12-3-2-10(15)8-11(12)14(19)17-13;1-2-3/h2-3,8-9H,4-7H2,1H3,(H2,16,19)(H,17,20);2-3,8-9H,4-7H2,1H3,(H,16,17,19);3H,2H2,1H3. The molecule has 0 bridgehead atoms. The highest BCUT2D eigenvalue weighted by atomic mass is 79.9. The summed E-state index contributed by atoms with van der Waals surface area (Å²) in [7, 11) is 4.18. The Bertz CT molecular complexity index is 1420. The summed E-state index contributed by atoms with van der Waals surface area (Å²) in [5.41, 5.74) is 6.87. The number of nitrogens with zero attached hydrogens (tertiary/aromatic N) is 3. The minimum atomic E-state index is -0.551. The van der Waals surface area contributed by atoms with E-state index in [4.69, 9.17) is 10.8 Å². The van der Waals surface area contributed by atoms with Gasteiger partial charge in [-0.3, -0.25) is 14.4 Å². The molecule has 228 valence electrons. The molecular weight excluding hydrogens is 668 g/mol. The van der Waals surface area contributed by atoms with Gasteiger partial charge in [0.25, 0.3) is 11.5 Å². The molecule has 2 amide bonds. The summed E-state index contributed by atoms with van der Waals surface area (Å²) < 4.78 is 1.66. The van der Waals surface area contributed by atoms with Gasteiger partial charge in [0.1, 0.15) is 5.82 Å². The topological polar surface area (TPSA) is 145 Å². The number of amides is 2. The number of carbonyl (C=O) groups excluding carboxylic acids is 2. The first kappa shape index (κ1) is 33.9. The van der Waals surface area contributed by atoms with Crippen molar-refractivity contribution < 1.29 is 14.7 Å². The largest absolute Gasteiger partial charge is 0.397 e. The fourth-order valence-corrected chi connectivity index (χ4v) is 5.66. The highest BCUT2D eigenvalue weighted by Gasteiger charge is 2.24. The SMILES string of the molecule is CCO.CN1CCC(C(=O)Nc2ccc(Br)cc2C(N)=O)CC1.CN1CCC(c2nc3ccc(Br)cc3c(=O)[nH]2)CC1. The molecule has 2 saturated heterocycles. The number of piperidine rings is 2. The molecule has 5 rings (SSSR count). The number of carbonyl (C=O) groups is 2. The number of rotatable bonds is 4. The molecule has 5 N–H and O–H groups in total. The fourth-order valence-electron chi connectivity index (χ4n) is 4.94. The van der Waals surface area contributed by atoms with Crippen LogP contribution in [0.3, 0.4) is 0 Å². The Labute approximate surface area is 263 Å². The quantitative estimate of drug-likeness (QED) is 0.316. The zero-order valence-corrected chi connectivity index (χ0v) is 27.5. The number of anilines is 1. The van der Waals surface area contributed by atoms with Gasteiger partial charge in [0, 0.05) is 27.4 Å². The van der Waals surface area contributed by atoms with E-state index in [0.717, 1.165) is 72.1 Å². The van der Waals surface area contributed by atoms with Crippen LogP contribution in [0.1, 0.15) is 54.7 Å². The monoisotopic (exact) mass is 706 g/mol. The predicted octanol–water partition coefficient (Wildman–Crippen LogP) is 4.32. The van der Waals surface area contributed by atoms with Crippen LogP contribution in [0.5, 0.6) is 0 Å². The number of fused-ring (bicyclic) bond motifs is 1. The van der Waals surface area contributed by atoms with E-state index in [-0.39, 0.29) is 24.0 Å². The van der Waals surface area contributed by atoms with E-state index in [1.165, 1.54) is 0 Å². The second-order valence-electron chi connectivity index (χ2n) is 10.6. The summed E-state index contributed by atoms with van der Waals surface area (Å²) in [5, 5.41) is 11.0. The Kier molecular flexibility index (Phi) is 13.1. The fraction of sp³-hybridized carbons (Fsp3) is 0.467. The maximum absolute atomic E-state index is 12.2. The average molecular weight is 708 g/mol. The van der Waals surface area contributed by atoms with Gasteiger partial charge >= 0.3 is 0 Å². The molecule has 0 atom stereocenters. The molecule has 10 nitrogen and oxygen atoms in total. The lowest BCUT2D eigenvalue weighted by Gasteiger charge is -2.28. The van der Waals surface area contributed by atoms with Crippen LogP contribution in [0.2, 0.25) is 0 Å². The van der Waals surface area contributed by atoms with E-state index in [1.54, 1.807) is 25.1 Å². The Morgan fingerprint density at radius 3 is 2.14 bits per heavy atom. The smallest absolute Gasteiger partial charge is 0.258 e. The van der Waals surface area contributed by atoms with Gasteiger partial charge in [-0.1, -0.05) is 31.9 Å². The first-order valence-electron chi connectivity index (χ1n) is 14.1. The van der Waals surface area contributed by atoms with Gasteiger partial charge in [0.15, 0.2) is 0 Å². The van der Waals surface area contributed by atoms with Crippen LogP contribution in [0, 0.1) is 5.92 Å². The van der Waals surface area contributed by atoms with Crippen molar-refractivity contribution in [3.63, 3.8) is 0 Å². The zero-order chi connectivity index (χ0) is 30.8. The van der Waals surface area contributed by atoms with Crippen molar-refractivity contribution in [2.24, 2.45) is 11.7 Å². The summed E-state index contributed by atoms with van der Waals surface area (Å²) >= 11 is 6.67. The second kappa shape index (κ2) is 16.3. The Morgan fingerprint density at radius 2 is 1.55 bits per heavy atom. The summed E-state index contributed by atoms with van der Waals surface area (Å²) in [6.45, 7) is 5.89. The van der Waals surface area contributed by atoms with Crippen molar-refractivity contribution in [1.82, 2.24) is 19.8 Å². The number of nitrogens with one attached hydrogen (secondary N) is 2. The second-order valence-corrected chi connectivity index (χ2v) is 12.5. The summed E-state index contributed by atoms with van der Waals surface area (Å²) in [6.07, 6.45) is 3.79. The Balaban J connectivity index is 0.000000211. The number of nitrogens with two attached hydrogens (primary N) is 1. The van der Waals surface area contributed by atoms with E-state index in [9.17, 15) is 14.4 Å². The normalized spacial score (nSPS) is 16.6. The Hall–Kier alpha value is -2.64. The number of aliphatic hydroxyl groups excluding tert-OH is 1. The van der Waals surface area contributed by atoms with Gasteiger partial charge in [0.05, 0.1) is 22.2 Å². The van der Waals surface area contributed by atoms with Gasteiger partial charge in [-0.2, -0.15) is 0 Å². The number of halogens is 2. The molecule has 2 fully saturated rings. The van der Waals surface area contributed by atoms with Crippen LogP contribution >= 0.6 is 31.9 Å². The maximum Gasteiger partial charge on any atom is 0.258 e. The van der Waals surface area contributed by atoms with Crippen molar-refractivity contribution in [3.05, 3.63) is 67.1 Å². The van der Waals surface area contributed by atoms with Crippen LogP contribution in [-0.2, 0) is 4.79 Å². The predicted molar refractivity (Wildman–Crippen MR) is 174 cm³/mol. The van der Waals surface area contributed by atoms with Gasteiger partial charge in [-0.15, -0.1) is 0 Å². The maximum atomic E-state index is 12.2. The lowest BCUT2D eigenvalue weighted by atomic mass is 9.96. The summed E-state index contributed by atoms with van der Waals surface area (Å²) in [4.78, 5) is 47.9. The number of benzene rings is 2. The molecular formula is C30H40Br2N6O4. The van der Waals surface area contributed by atoms with E-state index in [0.29, 0.717) is 22.6 Å². The first-order chi connectivity index (χ1) is 20.0. The van der Waals surface area contributed by atoms with E-state index in [1.807, 2.05) is 25.2 Å². The van der Waals surface area contributed by atoms with Gasteiger partial charge in [-0.25, -0.2) is 4.98 Å². The Morgan fingerprint density at radius 1 is 1.00 bits per heavy atom. The molecule has 3 heterocycles. The number of likely N-dealkylation sites (tertiary alicyclic amines) is 2. The number of hydrogen-bond donors (Lipinski definition) is 4. The number of hydrogen-bond acceptors (Lipinski definition) is 7. The number of aliphatic hydroxyl groups is 1. The van der Waals surface area contributed by atoms with Crippen molar-refractivity contribution in [2.45, 2.75) is 38.5 Å². The molecule has 1 aromatic heterocycles. The van der Waals surface area contributed by atoms with Crippen LogP contribution in [-0.4, -0.2) is 83.6 Å². The lowest BCUT2D eigenvalue weighted by molar-refractivity contribution is -0.121. The molecule has 2 aliphatic heterocycles. The molecule has 0 saturated carbocycles. The van der Waals surface area contributed by atoms with Crippen molar-refractivity contribution >= 4 is 60.3 Å². The third-order valence-corrected chi connectivity index (χ3v) is 8.37. The van der Waals surface area contributed by atoms with Crippen LogP contribution < -0.4 is 16.6 Å². The van der Waals surface area contributed by atoms with Crippen molar-refractivity contribution in [1.29, 1.82) is 0 Å². The number of aromatic nitrogens is 2. The van der Waals surface area contributed by atoms with E-state index < -0.39 is 5.91 Å². The van der Waals surface area contributed by atoms with Crippen molar-refractivity contribution in [3.8, 4) is 0 Å². The third-order valence-electron chi connectivity index (χ3n) is 7.39. The number of aromatic amines is 1. The van der Waals surface area contributed by atoms with Crippen molar-refractivity contribution in [2.75, 3.05) is 52.2 Å². The minimum Gasteiger partial charge on any atom is -0.397 e. The van der Waals surface area contributed by atoms with Gasteiger partial charge < -0.3 is 30.9 Å². The van der Waals surface area contributed by atoms with Crippen LogP contribution in [0.25, 0.3) is 10.9 Å². The van der Waals surface area contributed by atoms with Gasteiger partial charge in [-0.05, 0) is 109 Å². The molecule has 0 unspecified atom stereocenters. The van der Waals surface area contributed by atoms with Gasteiger partial charge in [0.2, 0.25) is 5.91 Å². The highest BCUT2D eigenvalue weighted by Crippen LogP contribution is 2.26. The summed E-state index contributed by atoms with van der Waals surface area (Å²) in [6, 6.07) is 10.7. The first-order valence-corrected chi connectivity index (χ1v) is 15.7. The van der Waals surface area contributed by atoms with Crippen LogP contribution in [0.4, 0.5) is 5.69 Å². The van der Waals surface area contributed by atoms with E-state index in [2.05, 4.69) is 64.0 Å². The molecule has 42 heavy (non-hydrogen) atoms. The highest BCUT2D eigenvalue weighted by molar-refractivity contribution is 9.10. The zero-order valence-electron chi connectivity index (χ0n) is 24.3.